The summed E-state index contributed by atoms with van der Waals surface area (Å²) >= 11 is 0. The molecule has 0 bridgehead atoms. The predicted octanol–water partition coefficient (Wildman–Crippen LogP) is 6.10. The van der Waals surface area contributed by atoms with Crippen molar-refractivity contribution in [1.82, 2.24) is 4.98 Å². The summed E-state index contributed by atoms with van der Waals surface area (Å²) in [5.41, 5.74) is 3.23. The standard InChI is InChI=1S/C25H18N2O/c1-16-15-23(22-14-13-18-8-3-5-11-20(18)24(22)26-16)27-25(28)21-12-6-9-17-7-2-4-10-19(17)21/h2-15H,1H3,(H,26,27,28). The van der Waals surface area contributed by atoms with Gasteiger partial charge in [0.05, 0.1) is 11.2 Å². The second-order valence-corrected chi connectivity index (χ2v) is 6.97. The molecule has 0 spiro atoms. The van der Waals surface area contributed by atoms with Crippen LogP contribution in [0.25, 0.3) is 32.4 Å². The van der Waals surface area contributed by atoms with E-state index in [2.05, 4.69) is 23.5 Å². The zero-order chi connectivity index (χ0) is 19.1. The number of carbonyl (C=O) groups excluding carboxylic acids is 1. The number of fused-ring (bicyclic) bond motifs is 4. The molecule has 0 saturated carbocycles. The van der Waals surface area contributed by atoms with Crippen molar-refractivity contribution >= 4 is 44.0 Å². The number of aryl methyl sites for hydroxylation is 1. The Morgan fingerprint density at radius 1 is 0.750 bits per heavy atom. The number of pyridine rings is 1. The first kappa shape index (κ1) is 16.5. The average Bonchev–Trinajstić information content (AvgIpc) is 2.73. The van der Waals surface area contributed by atoms with Crippen molar-refractivity contribution in [3.05, 3.63) is 96.2 Å². The molecule has 0 atom stereocenters. The zero-order valence-electron chi connectivity index (χ0n) is 15.4. The lowest BCUT2D eigenvalue weighted by Gasteiger charge is -2.12. The molecule has 5 aromatic rings. The normalized spacial score (nSPS) is 11.2. The molecule has 3 nitrogen and oxygen atoms in total. The van der Waals surface area contributed by atoms with Crippen LogP contribution < -0.4 is 5.32 Å². The highest BCUT2D eigenvalue weighted by molar-refractivity contribution is 6.17. The van der Waals surface area contributed by atoms with Gasteiger partial charge in [-0.2, -0.15) is 0 Å². The van der Waals surface area contributed by atoms with Crippen molar-refractivity contribution in [3.8, 4) is 0 Å². The molecule has 1 N–H and O–H groups in total. The van der Waals surface area contributed by atoms with E-state index in [4.69, 9.17) is 4.98 Å². The van der Waals surface area contributed by atoms with Crippen LogP contribution >= 0.6 is 0 Å². The second kappa shape index (κ2) is 6.46. The van der Waals surface area contributed by atoms with Gasteiger partial charge in [0.2, 0.25) is 0 Å². The lowest BCUT2D eigenvalue weighted by Crippen LogP contribution is -2.13. The number of benzene rings is 4. The molecular formula is C25H18N2O. The van der Waals surface area contributed by atoms with Gasteiger partial charge >= 0.3 is 0 Å². The van der Waals surface area contributed by atoms with Gasteiger partial charge in [-0.1, -0.05) is 72.8 Å². The summed E-state index contributed by atoms with van der Waals surface area (Å²) in [5, 5.41) is 8.29. The topological polar surface area (TPSA) is 42.0 Å². The molecule has 1 amide bonds. The van der Waals surface area contributed by atoms with Crippen LogP contribution in [-0.2, 0) is 0 Å². The fourth-order valence-electron chi connectivity index (χ4n) is 3.80. The third kappa shape index (κ3) is 2.69. The predicted molar refractivity (Wildman–Crippen MR) is 116 cm³/mol. The molecule has 0 saturated heterocycles. The van der Waals surface area contributed by atoms with Crippen LogP contribution in [-0.4, -0.2) is 10.9 Å². The van der Waals surface area contributed by atoms with E-state index in [0.717, 1.165) is 43.8 Å². The Kier molecular flexibility index (Phi) is 3.80. The van der Waals surface area contributed by atoms with Crippen molar-refractivity contribution < 1.29 is 4.79 Å². The van der Waals surface area contributed by atoms with Gasteiger partial charge in [0.25, 0.3) is 5.91 Å². The van der Waals surface area contributed by atoms with Gasteiger partial charge in [0.15, 0.2) is 0 Å². The Labute approximate surface area is 162 Å². The Morgan fingerprint density at radius 3 is 2.25 bits per heavy atom. The first-order valence-corrected chi connectivity index (χ1v) is 9.29. The smallest absolute Gasteiger partial charge is 0.256 e. The van der Waals surface area contributed by atoms with Crippen molar-refractivity contribution in [3.63, 3.8) is 0 Å². The van der Waals surface area contributed by atoms with Gasteiger partial charge in [-0.3, -0.25) is 9.78 Å². The summed E-state index contributed by atoms with van der Waals surface area (Å²) in [5.74, 6) is -0.114. The van der Waals surface area contributed by atoms with E-state index in [1.165, 1.54) is 0 Å². The monoisotopic (exact) mass is 362 g/mol. The fourth-order valence-corrected chi connectivity index (χ4v) is 3.80. The van der Waals surface area contributed by atoms with E-state index < -0.39 is 0 Å². The Hall–Kier alpha value is -3.72. The molecule has 1 heterocycles. The quantitative estimate of drug-likeness (QED) is 0.385. The molecule has 0 radical (unpaired) electrons. The molecule has 0 aliphatic heterocycles. The van der Waals surface area contributed by atoms with E-state index in [-0.39, 0.29) is 5.91 Å². The number of aromatic nitrogens is 1. The number of carbonyl (C=O) groups is 1. The Balaban J connectivity index is 1.65. The molecule has 0 fully saturated rings. The van der Waals surface area contributed by atoms with Crippen LogP contribution in [0, 0.1) is 6.92 Å². The molecule has 134 valence electrons. The van der Waals surface area contributed by atoms with Crippen LogP contribution in [0.1, 0.15) is 16.1 Å². The van der Waals surface area contributed by atoms with Gasteiger partial charge in [-0.05, 0) is 35.2 Å². The number of hydrogen-bond donors (Lipinski definition) is 1. The minimum absolute atomic E-state index is 0.114. The summed E-state index contributed by atoms with van der Waals surface area (Å²) in [6, 6.07) is 27.9. The van der Waals surface area contributed by atoms with E-state index in [9.17, 15) is 4.79 Å². The molecule has 4 aromatic carbocycles. The summed E-state index contributed by atoms with van der Waals surface area (Å²) in [6.07, 6.45) is 0. The molecule has 0 unspecified atom stereocenters. The first-order valence-electron chi connectivity index (χ1n) is 9.29. The summed E-state index contributed by atoms with van der Waals surface area (Å²) < 4.78 is 0. The minimum Gasteiger partial charge on any atom is -0.321 e. The van der Waals surface area contributed by atoms with Crippen LogP contribution in [0.2, 0.25) is 0 Å². The van der Waals surface area contributed by atoms with Gasteiger partial charge in [0, 0.05) is 22.0 Å². The molecule has 1 aromatic heterocycles. The fraction of sp³-hybridized carbons (Fsp3) is 0.0400. The van der Waals surface area contributed by atoms with E-state index in [1.54, 1.807) is 0 Å². The van der Waals surface area contributed by atoms with Gasteiger partial charge < -0.3 is 5.32 Å². The maximum atomic E-state index is 13.1. The van der Waals surface area contributed by atoms with E-state index in [1.807, 2.05) is 73.7 Å². The average molecular weight is 362 g/mol. The zero-order valence-corrected chi connectivity index (χ0v) is 15.4. The lowest BCUT2D eigenvalue weighted by atomic mass is 10.0. The van der Waals surface area contributed by atoms with Crippen molar-refractivity contribution in [2.45, 2.75) is 6.92 Å². The van der Waals surface area contributed by atoms with Crippen molar-refractivity contribution in [2.75, 3.05) is 5.32 Å². The van der Waals surface area contributed by atoms with Gasteiger partial charge in [-0.15, -0.1) is 0 Å². The largest absolute Gasteiger partial charge is 0.321 e. The third-order valence-electron chi connectivity index (χ3n) is 5.11. The van der Waals surface area contributed by atoms with E-state index >= 15 is 0 Å². The minimum atomic E-state index is -0.114. The number of hydrogen-bond acceptors (Lipinski definition) is 2. The number of nitrogens with one attached hydrogen (secondary N) is 1. The van der Waals surface area contributed by atoms with Crippen LogP contribution in [0.5, 0.6) is 0 Å². The molecule has 0 aliphatic rings. The summed E-state index contributed by atoms with van der Waals surface area (Å²) in [4.78, 5) is 17.9. The number of rotatable bonds is 2. The highest BCUT2D eigenvalue weighted by Crippen LogP contribution is 2.30. The van der Waals surface area contributed by atoms with Crippen LogP contribution in [0.4, 0.5) is 5.69 Å². The van der Waals surface area contributed by atoms with Crippen molar-refractivity contribution in [1.29, 1.82) is 0 Å². The van der Waals surface area contributed by atoms with E-state index in [0.29, 0.717) is 5.56 Å². The molecular weight excluding hydrogens is 344 g/mol. The number of nitrogens with zero attached hydrogens (tertiary/aromatic N) is 1. The summed E-state index contributed by atoms with van der Waals surface area (Å²) in [6.45, 7) is 1.95. The van der Waals surface area contributed by atoms with Gasteiger partial charge in [0.1, 0.15) is 0 Å². The molecule has 3 heteroatoms. The summed E-state index contributed by atoms with van der Waals surface area (Å²) in [7, 11) is 0. The molecule has 5 rings (SSSR count). The van der Waals surface area contributed by atoms with Crippen LogP contribution in [0.15, 0.2) is 84.9 Å². The lowest BCUT2D eigenvalue weighted by molar-refractivity contribution is 0.102. The molecule has 28 heavy (non-hydrogen) atoms. The second-order valence-electron chi connectivity index (χ2n) is 6.97. The highest BCUT2D eigenvalue weighted by atomic mass is 16.1. The number of amides is 1. The maximum absolute atomic E-state index is 13.1. The SMILES string of the molecule is Cc1cc(NC(=O)c2cccc3ccccc23)c2ccc3ccccc3c2n1. The highest BCUT2D eigenvalue weighted by Gasteiger charge is 2.13. The Morgan fingerprint density at radius 2 is 1.43 bits per heavy atom. The van der Waals surface area contributed by atoms with Crippen molar-refractivity contribution in [2.24, 2.45) is 0 Å². The van der Waals surface area contributed by atoms with Gasteiger partial charge in [-0.25, -0.2) is 0 Å². The van der Waals surface area contributed by atoms with Crippen LogP contribution in [0.3, 0.4) is 0 Å². The third-order valence-corrected chi connectivity index (χ3v) is 5.11. The molecule has 0 aliphatic carbocycles. The Bertz CT molecular complexity index is 1370. The number of anilines is 1. The first-order chi connectivity index (χ1) is 13.7. The maximum Gasteiger partial charge on any atom is 0.256 e.